The lowest BCUT2D eigenvalue weighted by Crippen LogP contribution is -2.43. The van der Waals surface area contributed by atoms with Crippen molar-refractivity contribution in [1.82, 2.24) is 4.90 Å². The lowest BCUT2D eigenvalue weighted by atomic mass is 9.84. The number of carbonyl (C=O) groups is 1. The van der Waals surface area contributed by atoms with E-state index in [0.29, 0.717) is 6.04 Å². The molecule has 1 fully saturated rings. The Kier molecular flexibility index (Phi) is 5.40. The minimum Gasteiger partial charge on any atom is -0.341 e. The Bertz CT molecular complexity index is 461. The number of hydrogen-bond acceptors (Lipinski definition) is 2. The van der Waals surface area contributed by atoms with E-state index in [4.69, 9.17) is 5.73 Å². The number of benzene rings is 1. The van der Waals surface area contributed by atoms with Gasteiger partial charge in [0.05, 0.1) is 0 Å². The Balaban J connectivity index is 1.97. The number of likely N-dealkylation sites (N-methyl/N-ethyl adjacent to an activating group) is 1. The SMILES string of the molecule is CCC1CCC(N(C)C(=O)C(N)c2ccc(C)cc2)CC1. The van der Waals surface area contributed by atoms with Gasteiger partial charge in [-0.1, -0.05) is 43.2 Å². The van der Waals surface area contributed by atoms with E-state index in [-0.39, 0.29) is 5.91 Å². The Morgan fingerprint density at radius 2 is 1.81 bits per heavy atom. The predicted octanol–water partition coefficient (Wildman–Crippen LogP) is 3.42. The third-order valence-electron chi connectivity index (χ3n) is 4.99. The van der Waals surface area contributed by atoms with E-state index in [1.54, 1.807) is 0 Å². The summed E-state index contributed by atoms with van der Waals surface area (Å²) < 4.78 is 0. The van der Waals surface area contributed by atoms with Crippen LogP contribution in [0.4, 0.5) is 0 Å². The molecule has 1 aliphatic rings. The maximum atomic E-state index is 12.6. The van der Waals surface area contributed by atoms with Crippen LogP contribution >= 0.6 is 0 Å². The molecule has 0 bridgehead atoms. The third-order valence-corrected chi connectivity index (χ3v) is 4.99. The van der Waals surface area contributed by atoms with E-state index < -0.39 is 6.04 Å². The van der Waals surface area contributed by atoms with Crippen LogP contribution in [0.15, 0.2) is 24.3 Å². The van der Waals surface area contributed by atoms with Gasteiger partial charge in [0.25, 0.3) is 0 Å². The molecule has 3 heteroatoms. The van der Waals surface area contributed by atoms with E-state index in [0.717, 1.165) is 24.3 Å². The molecule has 0 aromatic heterocycles. The molecule has 0 radical (unpaired) electrons. The zero-order valence-electron chi connectivity index (χ0n) is 13.5. The number of carbonyl (C=O) groups excluding carboxylic acids is 1. The van der Waals surface area contributed by atoms with Crippen LogP contribution in [0, 0.1) is 12.8 Å². The Hall–Kier alpha value is -1.35. The molecule has 1 aromatic carbocycles. The van der Waals surface area contributed by atoms with Gasteiger partial charge in [0.15, 0.2) is 0 Å². The predicted molar refractivity (Wildman–Crippen MR) is 86.9 cm³/mol. The first-order chi connectivity index (χ1) is 10.0. The summed E-state index contributed by atoms with van der Waals surface area (Å²) in [6.07, 6.45) is 5.95. The summed E-state index contributed by atoms with van der Waals surface area (Å²) in [5.74, 6) is 0.884. The first-order valence-corrected chi connectivity index (χ1v) is 8.11. The molecule has 116 valence electrons. The fourth-order valence-electron chi connectivity index (χ4n) is 3.26. The topological polar surface area (TPSA) is 46.3 Å². The third kappa shape index (κ3) is 3.85. The first-order valence-electron chi connectivity index (χ1n) is 8.11. The zero-order chi connectivity index (χ0) is 15.4. The van der Waals surface area contributed by atoms with Crippen molar-refractivity contribution in [3.63, 3.8) is 0 Å². The maximum Gasteiger partial charge on any atom is 0.244 e. The van der Waals surface area contributed by atoms with Crippen LogP contribution in [0.5, 0.6) is 0 Å². The molecule has 1 aliphatic carbocycles. The van der Waals surface area contributed by atoms with Crippen molar-refractivity contribution in [2.75, 3.05) is 7.05 Å². The highest BCUT2D eigenvalue weighted by atomic mass is 16.2. The molecule has 3 nitrogen and oxygen atoms in total. The van der Waals surface area contributed by atoms with E-state index in [1.165, 1.54) is 24.8 Å². The Labute approximate surface area is 128 Å². The van der Waals surface area contributed by atoms with Crippen molar-refractivity contribution >= 4 is 5.91 Å². The van der Waals surface area contributed by atoms with Crippen LogP contribution in [0.1, 0.15) is 56.2 Å². The molecular weight excluding hydrogens is 260 g/mol. The smallest absolute Gasteiger partial charge is 0.244 e. The van der Waals surface area contributed by atoms with E-state index in [1.807, 2.05) is 43.1 Å². The Morgan fingerprint density at radius 3 is 2.33 bits per heavy atom. The van der Waals surface area contributed by atoms with Crippen molar-refractivity contribution in [2.24, 2.45) is 11.7 Å². The normalized spacial score (nSPS) is 23.6. The van der Waals surface area contributed by atoms with E-state index >= 15 is 0 Å². The molecule has 2 N–H and O–H groups in total. The van der Waals surface area contributed by atoms with Gasteiger partial charge in [-0.2, -0.15) is 0 Å². The highest BCUT2D eigenvalue weighted by Crippen LogP contribution is 2.29. The molecule has 2 rings (SSSR count). The van der Waals surface area contributed by atoms with E-state index in [2.05, 4.69) is 6.92 Å². The molecule has 21 heavy (non-hydrogen) atoms. The van der Waals surface area contributed by atoms with Gasteiger partial charge in [0, 0.05) is 13.1 Å². The number of nitrogens with two attached hydrogens (primary N) is 1. The number of nitrogens with zero attached hydrogens (tertiary/aromatic N) is 1. The molecule has 1 amide bonds. The maximum absolute atomic E-state index is 12.6. The molecule has 0 aliphatic heterocycles. The summed E-state index contributed by atoms with van der Waals surface area (Å²) in [6.45, 7) is 4.29. The number of hydrogen-bond donors (Lipinski definition) is 1. The fourth-order valence-corrected chi connectivity index (χ4v) is 3.26. The van der Waals surface area contributed by atoms with Gasteiger partial charge in [-0.3, -0.25) is 4.79 Å². The first kappa shape index (κ1) is 16.0. The fraction of sp³-hybridized carbons (Fsp3) is 0.611. The second-order valence-corrected chi connectivity index (χ2v) is 6.42. The summed E-state index contributed by atoms with van der Waals surface area (Å²) in [4.78, 5) is 14.5. The van der Waals surface area contributed by atoms with Gasteiger partial charge in [-0.05, 0) is 44.1 Å². The van der Waals surface area contributed by atoms with Gasteiger partial charge in [0.2, 0.25) is 5.91 Å². The number of rotatable bonds is 4. The Morgan fingerprint density at radius 1 is 1.24 bits per heavy atom. The largest absolute Gasteiger partial charge is 0.341 e. The van der Waals surface area contributed by atoms with Gasteiger partial charge in [-0.15, -0.1) is 0 Å². The molecular formula is C18H28N2O. The summed E-state index contributed by atoms with van der Waals surface area (Å²) in [7, 11) is 1.91. The molecule has 1 unspecified atom stereocenters. The van der Waals surface area contributed by atoms with Gasteiger partial charge in [-0.25, -0.2) is 0 Å². The van der Waals surface area contributed by atoms with E-state index in [9.17, 15) is 4.79 Å². The molecule has 0 saturated heterocycles. The summed E-state index contributed by atoms with van der Waals surface area (Å²) in [5.41, 5.74) is 8.25. The average molecular weight is 288 g/mol. The molecule has 1 saturated carbocycles. The number of aryl methyl sites for hydroxylation is 1. The van der Waals surface area contributed by atoms with Crippen molar-refractivity contribution < 1.29 is 4.79 Å². The van der Waals surface area contributed by atoms with Crippen molar-refractivity contribution in [3.05, 3.63) is 35.4 Å². The van der Waals surface area contributed by atoms with Crippen molar-refractivity contribution in [2.45, 2.75) is 58.0 Å². The molecule has 0 heterocycles. The van der Waals surface area contributed by atoms with Crippen molar-refractivity contribution in [3.8, 4) is 0 Å². The van der Waals surface area contributed by atoms with Crippen LogP contribution in [-0.4, -0.2) is 23.9 Å². The number of amides is 1. The van der Waals surface area contributed by atoms with Crippen LogP contribution < -0.4 is 5.73 Å². The van der Waals surface area contributed by atoms with Crippen LogP contribution in [0.25, 0.3) is 0 Å². The molecule has 1 atom stereocenters. The van der Waals surface area contributed by atoms with Crippen LogP contribution in [0.2, 0.25) is 0 Å². The summed E-state index contributed by atoms with van der Waals surface area (Å²) >= 11 is 0. The highest BCUT2D eigenvalue weighted by Gasteiger charge is 2.28. The minimum absolute atomic E-state index is 0.0406. The lowest BCUT2D eigenvalue weighted by Gasteiger charge is -2.35. The second kappa shape index (κ2) is 7.08. The van der Waals surface area contributed by atoms with Crippen LogP contribution in [-0.2, 0) is 4.79 Å². The van der Waals surface area contributed by atoms with Crippen molar-refractivity contribution in [1.29, 1.82) is 0 Å². The zero-order valence-corrected chi connectivity index (χ0v) is 13.5. The minimum atomic E-state index is -0.542. The summed E-state index contributed by atoms with van der Waals surface area (Å²) in [5, 5.41) is 0. The van der Waals surface area contributed by atoms with Gasteiger partial charge < -0.3 is 10.6 Å². The van der Waals surface area contributed by atoms with Crippen LogP contribution in [0.3, 0.4) is 0 Å². The molecule has 1 aromatic rings. The molecule has 0 spiro atoms. The highest BCUT2D eigenvalue weighted by molar-refractivity contribution is 5.83. The van der Waals surface area contributed by atoms with Gasteiger partial charge >= 0.3 is 0 Å². The average Bonchev–Trinajstić information content (AvgIpc) is 2.53. The lowest BCUT2D eigenvalue weighted by molar-refractivity contribution is -0.134. The van der Waals surface area contributed by atoms with Gasteiger partial charge in [0.1, 0.15) is 6.04 Å². The monoisotopic (exact) mass is 288 g/mol. The second-order valence-electron chi connectivity index (χ2n) is 6.42. The standard InChI is InChI=1S/C18H28N2O/c1-4-14-7-11-16(12-8-14)20(3)18(21)17(19)15-9-5-13(2)6-10-15/h5-6,9-10,14,16-17H,4,7-8,11-12,19H2,1-3H3. The summed E-state index contributed by atoms with van der Waals surface area (Å²) in [6, 6.07) is 7.75. The quantitative estimate of drug-likeness (QED) is 0.922.